The van der Waals surface area contributed by atoms with Gasteiger partial charge in [-0.25, -0.2) is 0 Å². The third kappa shape index (κ3) is 3.39. The van der Waals surface area contributed by atoms with Crippen molar-refractivity contribution in [2.45, 2.75) is 25.3 Å². The van der Waals surface area contributed by atoms with Gasteiger partial charge in [-0.15, -0.1) is 0 Å². The fourth-order valence-electron chi connectivity index (χ4n) is 4.25. The Kier molecular flexibility index (Phi) is 5.64. The van der Waals surface area contributed by atoms with Gasteiger partial charge >= 0.3 is 0 Å². The minimum atomic E-state index is 0.207. The topological polar surface area (TPSA) is 45.0 Å². The smallest absolute Gasteiger partial charge is 0.142 e. The summed E-state index contributed by atoms with van der Waals surface area (Å²) in [5.41, 5.74) is 7.67. The van der Waals surface area contributed by atoms with Crippen LogP contribution in [-0.4, -0.2) is 74.8 Å². The number of hydrogen-bond donors (Lipinski definition) is 1. The number of rotatable bonds is 5. The van der Waals surface area contributed by atoms with Crippen molar-refractivity contribution in [3.63, 3.8) is 0 Å². The minimum absolute atomic E-state index is 0.207. The summed E-state index contributed by atoms with van der Waals surface area (Å²) in [6, 6.07) is 8.33. The molecular weight excluding hydrogens is 300 g/mol. The summed E-state index contributed by atoms with van der Waals surface area (Å²) in [6.07, 6.45) is 2.40. The van der Waals surface area contributed by atoms with Gasteiger partial charge in [0, 0.05) is 38.3 Å². The lowest BCUT2D eigenvalue weighted by Gasteiger charge is -2.51. The highest BCUT2D eigenvalue weighted by molar-refractivity contribution is 5.58. The first kappa shape index (κ1) is 17.5. The van der Waals surface area contributed by atoms with Crippen LogP contribution in [-0.2, 0) is 0 Å². The van der Waals surface area contributed by atoms with Crippen LogP contribution in [0.15, 0.2) is 24.3 Å². The van der Waals surface area contributed by atoms with Crippen molar-refractivity contribution in [3.8, 4) is 5.75 Å². The Morgan fingerprint density at radius 2 is 1.71 bits per heavy atom. The van der Waals surface area contributed by atoms with Crippen LogP contribution in [0.1, 0.15) is 19.8 Å². The molecule has 3 rings (SSSR count). The number of methoxy groups -OCH3 is 1. The third-order valence-corrected chi connectivity index (χ3v) is 5.99. The molecule has 2 fully saturated rings. The zero-order valence-electron chi connectivity index (χ0n) is 15.2. The van der Waals surface area contributed by atoms with Crippen LogP contribution >= 0.6 is 0 Å². The lowest BCUT2D eigenvalue weighted by Crippen LogP contribution is -2.63. The van der Waals surface area contributed by atoms with E-state index >= 15 is 0 Å². The number of nitrogens with zero attached hydrogens (tertiary/aromatic N) is 3. The normalized spacial score (nSPS) is 22.5. The van der Waals surface area contributed by atoms with Gasteiger partial charge in [-0.05, 0) is 44.6 Å². The number of anilines is 1. The molecule has 0 atom stereocenters. The van der Waals surface area contributed by atoms with Gasteiger partial charge < -0.3 is 20.3 Å². The second-order valence-electron chi connectivity index (χ2n) is 7.01. The van der Waals surface area contributed by atoms with Crippen molar-refractivity contribution < 1.29 is 4.74 Å². The summed E-state index contributed by atoms with van der Waals surface area (Å²) in [5.74, 6) is 0.968. The van der Waals surface area contributed by atoms with Crippen LogP contribution in [0.5, 0.6) is 5.75 Å². The number of ether oxygens (including phenoxy) is 1. The summed E-state index contributed by atoms with van der Waals surface area (Å²) in [7, 11) is 1.75. The molecule has 24 heavy (non-hydrogen) atoms. The zero-order valence-corrected chi connectivity index (χ0v) is 15.2. The Bertz CT molecular complexity index is 520. The standard InChI is InChI=1S/C19H32N4O/c1-3-21-10-8-19(16-20,9-11-21)23-14-12-22(13-15-23)17-6-4-5-7-18(17)24-2/h4-7H,3,8-16,20H2,1-2H3. The molecule has 2 saturated heterocycles. The number of para-hydroxylation sites is 2. The molecule has 0 aliphatic carbocycles. The lowest BCUT2D eigenvalue weighted by molar-refractivity contribution is 0.0243. The van der Waals surface area contributed by atoms with Gasteiger partial charge in [0.05, 0.1) is 12.8 Å². The Morgan fingerprint density at radius 1 is 1.04 bits per heavy atom. The van der Waals surface area contributed by atoms with Crippen molar-refractivity contribution in [1.29, 1.82) is 0 Å². The van der Waals surface area contributed by atoms with Crippen molar-refractivity contribution in [2.24, 2.45) is 5.73 Å². The van der Waals surface area contributed by atoms with Gasteiger partial charge in [0.15, 0.2) is 0 Å². The van der Waals surface area contributed by atoms with Crippen molar-refractivity contribution in [3.05, 3.63) is 24.3 Å². The summed E-state index contributed by atoms with van der Waals surface area (Å²) in [5, 5.41) is 0. The number of hydrogen-bond acceptors (Lipinski definition) is 5. The number of benzene rings is 1. The quantitative estimate of drug-likeness (QED) is 0.888. The maximum Gasteiger partial charge on any atom is 0.142 e. The maximum absolute atomic E-state index is 6.25. The second kappa shape index (κ2) is 7.72. The summed E-state index contributed by atoms with van der Waals surface area (Å²) < 4.78 is 5.53. The average molecular weight is 332 g/mol. The number of piperazine rings is 1. The summed E-state index contributed by atoms with van der Waals surface area (Å²) >= 11 is 0. The second-order valence-corrected chi connectivity index (χ2v) is 7.01. The monoisotopic (exact) mass is 332 g/mol. The van der Waals surface area contributed by atoms with E-state index in [1.165, 1.54) is 31.6 Å². The van der Waals surface area contributed by atoms with Crippen LogP contribution in [0.4, 0.5) is 5.69 Å². The Hall–Kier alpha value is -1.30. The molecular formula is C19H32N4O. The van der Waals surface area contributed by atoms with E-state index in [0.717, 1.165) is 45.0 Å². The predicted octanol–water partition coefficient (Wildman–Crippen LogP) is 1.63. The molecule has 5 heteroatoms. The molecule has 0 radical (unpaired) electrons. The number of likely N-dealkylation sites (tertiary alicyclic amines) is 1. The van der Waals surface area contributed by atoms with Crippen LogP contribution in [0, 0.1) is 0 Å². The van der Waals surface area contributed by atoms with Gasteiger partial charge in [0.2, 0.25) is 0 Å². The van der Waals surface area contributed by atoms with Gasteiger partial charge in [0.25, 0.3) is 0 Å². The van der Waals surface area contributed by atoms with E-state index in [9.17, 15) is 0 Å². The molecule has 0 amide bonds. The van der Waals surface area contributed by atoms with Crippen molar-refractivity contribution in [1.82, 2.24) is 9.80 Å². The van der Waals surface area contributed by atoms with E-state index in [4.69, 9.17) is 10.5 Å². The zero-order chi connectivity index (χ0) is 17.0. The minimum Gasteiger partial charge on any atom is -0.495 e. The predicted molar refractivity (Wildman–Crippen MR) is 99.9 cm³/mol. The van der Waals surface area contributed by atoms with Crippen LogP contribution in [0.2, 0.25) is 0 Å². The van der Waals surface area contributed by atoms with Gasteiger partial charge in [-0.2, -0.15) is 0 Å². The summed E-state index contributed by atoms with van der Waals surface area (Å²) in [6.45, 7) is 10.8. The van der Waals surface area contributed by atoms with E-state index < -0.39 is 0 Å². The first-order valence-electron chi connectivity index (χ1n) is 9.28. The molecule has 0 unspecified atom stereocenters. The lowest BCUT2D eigenvalue weighted by atomic mass is 9.85. The molecule has 134 valence electrons. The first-order chi connectivity index (χ1) is 11.7. The fourth-order valence-corrected chi connectivity index (χ4v) is 4.25. The highest BCUT2D eigenvalue weighted by atomic mass is 16.5. The molecule has 2 heterocycles. The van der Waals surface area contributed by atoms with Gasteiger partial charge in [-0.3, -0.25) is 4.90 Å². The van der Waals surface area contributed by atoms with Crippen molar-refractivity contribution >= 4 is 5.69 Å². The highest BCUT2D eigenvalue weighted by Gasteiger charge is 2.39. The molecule has 2 N–H and O–H groups in total. The molecule has 0 bridgehead atoms. The largest absolute Gasteiger partial charge is 0.495 e. The molecule has 5 nitrogen and oxygen atoms in total. The van der Waals surface area contributed by atoms with Crippen LogP contribution < -0.4 is 15.4 Å². The third-order valence-electron chi connectivity index (χ3n) is 5.99. The van der Waals surface area contributed by atoms with Crippen LogP contribution in [0.25, 0.3) is 0 Å². The Labute approximate surface area is 146 Å². The van der Waals surface area contributed by atoms with E-state index in [0.29, 0.717) is 0 Å². The van der Waals surface area contributed by atoms with E-state index in [1.54, 1.807) is 7.11 Å². The van der Waals surface area contributed by atoms with E-state index in [-0.39, 0.29) is 5.54 Å². The Morgan fingerprint density at radius 3 is 2.29 bits per heavy atom. The van der Waals surface area contributed by atoms with Gasteiger partial charge in [-0.1, -0.05) is 19.1 Å². The molecule has 2 aliphatic rings. The fraction of sp³-hybridized carbons (Fsp3) is 0.684. The van der Waals surface area contributed by atoms with Crippen molar-refractivity contribution in [2.75, 3.05) is 64.4 Å². The molecule has 1 aromatic carbocycles. The van der Waals surface area contributed by atoms with Gasteiger partial charge in [0.1, 0.15) is 5.75 Å². The molecule has 1 aromatic rings. The van der Waals surface area contributed by atoms with Crippen LogP contribution in [0.3, 0.4) is 0 Å². The first-order valence-corrected chi connectivity index (χ1v) is 9.28. The average Bonchev–Trinajstić information content (AvgIpc) is 2.68. The molecule has 0 saturated carbocycles. The maximum atomic E-state index is 6.25. The molecule has 2 aliphatic heterocycles. The molecule has 0 aromatic heterocycles. The number of piperidine rings is 1. The highest BCUT2D eigenvalue weighted by Crippen LogP contribution is 2.32. The van der Waals surface area contributed by atoms with E-state index in [1.807, 2.05) is 12.1 Å². The number of nitrogens with two attached hydrogens (primary N) is 1. The SMILES string of the molecule is CCN1CCC(CN)(N2CCN(c3ccccc3OC)CC2)CC1. The van der Waals surface area contributed by atoms with E-state index in [2.05, 4.69) is 33.8 Å². The molecule has 0 spiro atoms. The summed E-state index contributed by atoms with van der Waals surface area (Å²) in [4.78, 5) is 7.64. The Balaban J connectivity index is 1.64.